The number of fused-ring (bicyclic) bond motifs is 1. The van der Waals surface area contributed by atoms with Crippen molar-refractivity contribution >= 4 is 33.2 Å². The van der Waals surface area contributed by atoms with Gasteiger partial charge in [0.25, 0.3) is 5.56 Å². The predicted molar refractivity (Wildman–Crippen MR) is 96.0 cm³/mol. The zero-order valence-electron chi connectivity index (χ0n) is 13.4. The summed E-state index contributed by atoms with van der Waals surface area (Å²) in [5, 5.41) is 7.61. The number of piperazine rings is 1. The van der Waals surface area contributed by atoms with E-state index in [0.29, 0.717) is 6.54 Å². The second-order valence-corrected chi connectivity index (χ2v) is 6.55. The highest BCUT2D eigenvalue weighted by Gasteiger charge is 2.21. The Balaban J connectivity index is 1.53. The van der Waals surface area contributed by atoms with Crippen LogP contribution in [0.5, 0.6) is 0 Å². The number of hydrogen-bond acceptors (Lipinski definition) is 7. The van der Waals surface area contributed by atoms with Crippen LogP contribution in [0.3, 0.4) is 0 Å². The Kier molecular flexibility index (Phi) is 3.89. The van der Waals surface area contributed by atoms with Crippen molar-refractivity contribution in [1.29, 1.82) is 0 Å². The first-order valence-electron chi connectivity index (χ1n) is 8.02. The Morgan fingerprint density at radius 3 is 2.67 bits per heavy atom. The van der Waals surface area contributed by atoms with Gasteiger partial charge in [-0.1, -0.05) is 0 Å². The lowest BCUT2D eigenvalue weighted by molar-refractivity contribution is 0.588. The van der Waals surface area contributed by atoms with Crippen molar-refractivity contribution in [1.82, 2.24) is 19.7 Å². The van der Waals surface area contributed by atoms with Crippen LogP contribution >= 0.6 is 11.3 Å². The number of nitrogens with zero attached hydrogens (tertiary/aromatic N) is 6. The van der Waals surface area contributed by atoms with E-state index in [1.54, 1.807) is 23.7 Å². The third-order valence-electron chi connectivity index (χ3n) is 4.30. The number of aryl methyl sites for hydroxylation is 1. The minimum absolute atomic E-state index is 0.0549. The highest BCUT2D eigenvalue weighted by atomic mass is 32.1. The van der Waals surface area contributed by atoms with E-state index in [2.05, 4.69) is 36.3 Å². The fraction of sp³-hybridized carbons (Fsp3) is 0.375. The van der Waals surface area contributed by atoms with Crippen LogP contribution in [0.2, 0.25) is 0 Å². The third kappa shape index (κ3) is 2.62. The first-order chi connectivity index (χ1) is 11.8. The van der Waals surface area contributed by atoms with Gasteiger partial charge in [0.15, 0.2) is 0 Å². The maximum absolute atomic E-state index is 11.7. The lowest BCUT2D eigenvalue weighted by Gasteiger charge is -2.36. The molecule has 0 unspecified atom stereocenters. The predicted octanol–water partition coefficient (Wildman–Crippen LogP) is 1.59. The van der Waals surface area contributed by atoms with Crippen LogP contribution in [-0.2, 0) is 6.54 Å². The molecule has 0 spiro atoms. The quantitative estimate of drug-likeness (QED) is 0.720. The molecule has 7 nitrogen and oxygen atoms in total. The number of hydrogen-bond donors (Lipinski definition) is 0. The Morgan fingerprint density at radius 1 is 1.08 bits per heavy atom. The monoisotopic (exact) mass is 342 g/mol. The van der Waals surface area contributed by atoms with Crippen molar-refractivity contribution < 1.29 is 0 Å². The minimum atomic E-state index is -0.0549. The lowest BCUT2D eigenvalue weighted by atomic mass is 10.2. The summed E-state index contributed by atoms with van der Waals surface area (Å²) in [6.07, 6.45) is 1.64. The average molecular weight is 342 g/mol. The van der Waals surface area contributed by atoms with Crippen LogP contribution in [0.15, 0.2) is 34.7 Å². The molecular weight excluding hydrogens is 324 g/mol. The van der Waals surface area contributed by atoms with Crippen LogP contribution in [0.25, 0.3) is 10.2 Å². The van der Waals surface area contributed by atoms with Gasteiger partial charge in [-0.25, -0.2) is 14.6 Å². The van der Waals surface area contributed by atoms with Gasteiger partial charge in [-0.15, -0.1) is 11.3 Å². The summed E-state index contributed by atoms with van der Waals surface area (Å²) in [5.74, 6) is 1.87. The highest BCUT2D eigenvalue weighted by Crippen LogP contribution is 2.27. The molecule has 3 aromatic rings. The number of thiophene rings is 1. The number of aromatic nitrogens is 4. The second-order valence-electron chi connectivity index (χ2n) is 5.66. The van der Waals surface area contributed by atoms with Crippen molar-refractivity contribution in [2.24, 2.45) is 0 Å². The zero-order valence-corrected chi connectivity index (χ0v) is 14.2. The molecule has 1 aliphatic rings. The molecule has 0 aromatic carbocycles. The normalized spacial score (nSPS) is 15.2. The molecular formula is C16H18N6OS. The Labute approximate surface area is 143 Å². The summed E-state index contributed by atoms with van der Waals surface area (Å²) >= 11 is 1.64. The SMILES string of the molecule is CCn1nc(N2CCN(c3ncnc4sccc34)CC2)ccc1=O. The Morgan fingerprint density at radius 2 is 1.88 bits per heavy atom. The van der Waals surface area contributed by atoms with Crippen molar-refractivity contribution in [3.8, 4) is 0 Å². The van der Waals surface area contributed by atoms with Gasteiger partial charge < -0.3 is 9.80 Å². The van der Waals surface area contributed by atoms with E-state index >= 15 is 0 Å². The van der Waals surface area contributed by atoms with Gasteiger partial charge in [0.2, 0.25) is 0 Å². The van der Waals surface area contributed by atoms with Gasteiger partial charge in [-0.2, -0.15) is 5.10 Å². The molecule has 0 aliphatic carbocycles. The van der Waals surface area contributed by atoms with Gasteiger partial charge in [0.05, 0.1) is 5.39 Å². The molecule has 8 heteroatoms. The molecule has 0 amide bonds. The molecule has 0 saturated carbocycles. The van der Waals surface area contributed by atoms with Crippen molar-refractivity contribution in [2.75, 3.05) is 36.0 Å². The van der Waals surface area contributed by atoms with Crippen molar-refractivity contribution in [3.05, 3.63) is 40.3 Å². The van der Waals surface area contributed by atoms with E-state index in [1.807, 2.05) is 13.0 Å². The van der Waals surface area contributed by atoms with Crippen LogP contribution in [-0.4, -0.2) is 45.9 Å². The van der Waals surface area contributed by atoms with E-state index in [1.165, 1.54) is 4.68 Å². The first-order valence-corrected chi connectivity index (χ1v) is 8.90. The third-order valence-corrected chi connectivity index (χ3v) is 5.12. The van der Waals surface area contributed by atoms with E-state index in [-0.39, 0.29) is 5.56 Å². The van der Waals surface area contributed by atoms with Gasteiger partial charge in [-0.3, -0.25) is 4.79 Å². The smallest absolute Gasteiger partial charge is 0.266 e. The molecule has 0 atom stereocenters. The minimum Gasteiger partial charge on any atom is -0.352 e. The van der Waals surface area contributed by atoms with Crippen molar-refractivity contribution in [2.45, 2.75) is 13.5 Å². The molecule has 1 fully saturated rings. The van der Waals surface area contributed by atoms with Crippen molar-refractivity contribution in [3.63, 3.8) is 0 Å². The fourth-order valence-corrected chi connectivity index (χ4v) is 3.74. The molecule has 0 N–H and O–H groups in total. The molecule has 3 aromatic heterocycles. The summed E-state index contributed by atoms with van der Waals surface area (Å²) in [6, 6.07) is 5.49. The standard InChI is InChI=1S/C16H18N6OS/c1-2-22-14(23)4-3-13(19-22)20-6-8-21(9-7-20)15-12-5-10-24-16(12)18-11-17-15/h3-5,10-11H,2,6-9H2,1H3. The summed E-state index contributed by atoms with van der Waals surface area (Å²) in [5.41, 5.74) is -0.0549. The summed E-state index contributed by atoms with van der Waals surface area (Å²) < 4.78 is 1.50. The Bertz CT molecular complexity index is 912. The van der Waals surface area contributed by atoms with E-state index in [0.717, 1.165) is 48.0 Å². The van der Waals surface area contributed by atoms with E-state index in [9.17, 15) is 4.79 Å². The largest absolute Gasteiger partial charge is 0.352 e. The van der Waals surface area contributed by atoms with Crippen LogP contribution in [0.4, 0.5) is 11.6 Å². The molecule has 0 bridgehead atoms. The molecule has 1 saturated heterocycles. The van der Waals surface area contributed by atoms with E-state index < -0.39 is 0 Å². The molecule has 124 valence electrons. The second kappa shape index (κ2) is 6.20. The average Bonchev–Trinajstić information content (AvgIpc) is 3.11. The van der Waals surface area contributed by atoms with E-state index in [4.69, 9.17) is 0 Å². The van der Waals surface area contributed by atoms with Crippen LogP contribution in [0.1, 0.15) is 6.92 Å². The van der Waals surface area contributed by atoms with Gasteiger partial charge >= 0.3 is 0 Å². The van der Waals surface area contributed by atoms with Gasteiger partial charge in [-0.05, 0) is 24.4 Å². The molecule has 4 heterocycles. The van der Waals surface area contributed by atoms with Crippen LogP contribution in [0, 0.1) is 0 Å². The van der Waals surface area contributed by atoms with Gasteiger partial charge in [0, 0.05) is 38.8 Å². The number of rotatable bonds is 3. The fourth-order valence-electron chi connectivity index (χ4n) is 3.01. The maximum Gasteiger partial charge on any atom is 0.266 e. The molecule has 24 heavy (non-hydrogen) atoms. The summed E-state index contributed by atoms with van der Waals surface area (Å²) in [6.45, 7) is 5.96. The topological polar surface area (TPSA) is 67.2 Å². The molecule has 0 radical (unpaired) electrons. The zero-order chi connectivity index (χ0) is 16.5. The first kappa shape index (κ1) is 15.1. The molecule has 4 rings (SSSR count). The summed E-state index contributed by atoms with van der Waals surface area (Å²) in [4.78, 5) is 26.0. The number of anilines is 2. The summed E-state index contributed by atoms with van der Waals surface area (Å²) in [7, 11) is 0. The molecule has 1 aliphatic heterocycles. The highest BCUT2D eigenvalue weighted by molar-refractivity contribution is 7.16. The van der Waals surface area contributed by atoms with Crippen LogP contribution < -0.4 is 15.4 Å². The maximum atomic E-state index is 11.7. The Hall–Kier alpha value is -2.48. The van der Waals surface area contributed by atoms with Gasteiger partial charge in [0.1, 0.15) is 22.8 Å². The lowest BCUT2D eigenvalue weighted by Crippen LogP contribution is -2.47.